The van der Waals surface area contributed by atoms with Crippen LogP contribution in [0, 0.1) is 6.92 Å². The number of hydrogen-bond donors (Lipinski definition) is 2. The van der Waals surface area contributed by atoms with E-state index in [1.54, 1.807) is 6.20 Å². The van der Waals surface area contributed by atoms with E-state index in [0.29, 0.717) is 6.04 Å². The molecule has 0 radical (unpaired) electrons. The summed E-state index contributed by atoms with van der Waals surface area (Å²) in [7, 11) is 0. The number of nitrogens with two attached hydrogens (primary N) is 1. The van der Waals surface area contributed by atoms with E-state index in [1.807, 2.05) is 13.0 Å². The summed E-state index contributed by atoms with van der Waals surface area (Å²) in [6.45, 7) is 5.93. The standard InChI is InChI=1S/C14H22N4O/c1-10-5-14(17-7-13(10)15)16-6-12-8-18-4-2-3-11(18)9-19-12/h5,7,11-12H,2-4,6,8-9,15H2,1H3,(H,16,17). The van der Waals surface area contributed by atoms with Gasteiger partial charge in [0.25, 0.3) is 0 Å². The van der Waals surface area contributed by atoms with Crippen molar-refractivity contribution in [2.45, 2.75) is 31.9 Å². The van der Waals surface area contributed by atoms with Crippen LogP contribution < -0.4 is 11.1 Å². The molecule has 2 saturated heterocycles. The molecule has 5 nitrogen and oxygen atoms in total. The summed E-state index contributed by atoms with van der Waals surface area (Å²) in [5, 5.41) is 3.34. The van der Waals surface area contributed by atoms with E-state index in [0.717, 1.165) is 36.8 Å². The van der Waals surface area contributed by atoms with Crippen LogP contribution in [0.3, 0.4) is 0 Å². The monoisotopic (exact) mass is 262 g/mol. The minimum Gasteiger partial charge on any atom is -0.397 e. The molecule has 2 fully saturated rings. The number of pyridine rings is 1. The van der Waals surface area contributed by atoms with E-state index in [9.17, 15) is 0 Å². The second kappa shape index (κ2) is 5.35. The van der Waals surface area contributed by atoms with Gasteiger partial charge in [0.05, 0.1) is 24.6 Å². The molecule has 0 aromatic carbocycles. The molecule has 1 aromatic rings. The number of rotatable bonds is 3. The Balaban J connectivity index is 1.53. The van der Waals surface area contributed by atoms with Crippen molar-refractivity contribution in [3.8, 4) is 0 Å². The smallest absolute Gasteiger partial charge is 0.126 e. The van der Waals surface area contributed by atoms with Gasteiger partial charge in [0.2, 0.25) is 0 Å². The molecule has 1 aromatic heterocycles. The Labute approximate surface area is 114 Å². The number of nitrogen functional groups attached to an aromatic ring is 1. The highest BCUT2D eigenvalue weighted by atomic mass is 16.5. The van der Waals surface area contributed by atoms with Crippen LogP contribution in [-0.4, -0.2) is 48.3 Å². The molecular formula is C14H22N4O. The quantitative estimate of drug-likeness (QED) is 0.858. The number of nitrogens with one attached hydrogen (secondary N) is 1. The number of hydrogen-bond acceptors (Lipinski definition) is 5. The van der Waals surface area contributed by atoms with Gasteiger partial charge in [0, 0.05) is 19.1 Å². The maximum Gasteiger partial charge on any atom is 0.126 e. The molecule has 5 heteroatoms. The molecule has 3 N–H and O–H groups in total. The lowest BCUT2D eigenvalue weighted by Gasteiger charge is -2.35. The van der Waals surface area contributed by atoms with E-state index in [1.165, 1.54) is 19.4 Å². The van der Waals surface area contributed by atoms with E-state index in [4.69, 9.17) is 10.5 Å². The molecule has 104 valence electrons. The van der Waals surface area contributed by atoms with Crippen molar-refractivity contribution in [3.63, 3.8) is 0 Å². The molecule has 0 saturated carbocycles. The molecule has 0 aliphatic carbocycles. The normalized spacial score (nSPS) is 27.2. The highest BCUT2D eigenvalue weighted by Crippen LogP contribution is 2.22. The molecule has 19 heavy (non-hydrogen) atoms. The first-order valence-corrected chi connectivity index (χ1v) is 7.04. The molecule has 0 bridgehead atoms. The SMILES string of the molecule is Cc1cc(NCC2CN3CCCC3CO2)ncc1N. The summed E-state index contributed by atoms with van der Waals surface area (Å²) in [6, 6.07) is 2.64. The van der Waals surface area contributed by atoms with Crippen LogP contribution in [0.4, 0.5) is 11.5 Å². The summed E-state index contributed by atoms with van der Waals surface area (Å²) in [6.07, 6.45) is 4.57. The maximum absolute atomic E-state index is 5.91. The lowest BCUT2D eigenvalue weighted by molar-refractivity contribution is -0.0416. The molecule has 0 amide bonds. The fourth-order valence-corrected chi connectivity index (χ4v) is 2.89. The van der Waals surface area contributed by atoms with Crippen LogP contribution in [-0.2, 0) is 4.74 Å². The first-order valence-electron chi connectivity index (χ1n) is 7.04. The average molecular weight is 262 g/mol. The van der Waals surface area contributed by atoms with Crippen molar-refractivity contribution < 1.29 is 4.74 Å². The Bertz CT molecular complexity index is 451. The van der Waals surface area contributed by atoms with Crippen molar-refractivity contribution >= 4 is 11.5 Å². The fraction of sp³-hybridized carbons (Fsp3) is 0.643. The van der Waals surface area contributed by atoms with Gasteiger partial charge in [-0.2, -0.15) is 0 Å². The summed E-state index contributed by atoms with van der Waals surface area (Å²) in [5.41, 5.74) is 7.56. The van der Waals surface area contributed by atoms with Gasteiger partial charge in [0.1, 0.15) is 5.82 Å². The highest BCUT2D eigenvalue weighted by molar-refractivity contribution is 5.50. The van der Waals surface area contributed by atoms with Gasteiger partial charge >= 0.3 is 0 Å². The Kier molecular flexibility index (Phi) is 3.57. The first-order chi connectivity index (χ1) is 9.22. The largest absolute Gasteiger partial charge is 0.397 e. The van der Waals surface area contributed by atoms with Crippen molar-refractivity contribution in [2.24, 2.45) is 0 Å². The van der Waals surface area contributed by atoms with Crippen LogP contribution in [0.1, 0.15) is 18.4 Å². The minimum atomic E-state index is 0.258. The van der Waals surface area contributed by atoms with Crippen LogP contribution in [0.2, 0.25) is 0 Å². The van der Waals surface area contributed by atoms with Crippen molar-refractivity contribution in [1.82, 2.24) is 9.88 Å². The number of anilines is 2. The number of ether oxygens (including phenoxy) is 1. The molecule has 3 rings (SSSR count). The lowest BCUT2D eigenvalue weighted by Crippen LogP contribution is -2.48. The van der Waals surface area contributed by atoms with Gasteiger partial charge in [0.15, 0.2) is 0 Å². The van der Waals surface area contributed by atoms with Crippen LogP contribution in [0.5, 0.6) is 0 Å². The van der Waals surface area contributed by atoms with Gasteiger partial charge in [-0.25, -0.2) is 4.98 Å². The first kappa shape index (κ1) is 12.7. The van der Waals surface area contributed by atoms with Crippen molar-refractivity contribution in [2.75, 3.05) is 37.3 Å². The molecule has 0 spiro atoms. The molecule has 2 unspecified atom stereocenters. The van der Waals surface area contributed by atoms with Gasteiger partial charge in [-0.05, 0) is 37.9 Å². The van der Waals surface area contributed by atoms with Crippen LogP contribution >= 0.6 is 0 Å². The number of nitrogens with zero attached hydrogens (tertiary/aromatic N) is 2. The van der Waals surface area contributed by atoms with Crippen LogP contribution in [0.25, 0.3) is 0 Å². The van der Waals surface area contributed by atoms with Gasteiger partial charge in [-0.3, -0.25) is 4.90 Å². The number of morpholine rings is 1. The zero-order valence-corrected chi connectivity index (χ0v) is 11.4. The van der Waals surface area contributed by atoms with Crippen LogP contribution in [0.15, 0.2) is 12.3 Å². The topological polar surface area (TPSA) is 63.4 Å². The number of aryl methyl sites for hydroxylation is 1. The van der Waals surface area contributed by atoms with Crippen molar-refractivity contribution in [1.29, 1.82) is 0 Å². The maximum atomic E-state index is 5.91. The Morgan fingerprint density at radius 1 is 1.58 bits per heavy atom. The van der Waals surface area contributed by atoms with Gasteiger partial charge in [-0.1, -0.05) is 0 Å². The lowest BCUT2D eigenvalue weighted by atomic mass is 10.2. The second-order valence-electron chi connectivity index (χ2n) is 5.55. The molecule has 2 atom stereocenters. The Morgan fingerprint density at radius 3 is 3.32 bits per heavy atom. The zero-order chi connectivity index (χ0) is 13.2. The third-order valence-corrected chi connectivity index (χ3v) is 4.12. The minimum absolute atomic E-state index is 0.258. The summed E-state index contributed by atoms with van der Waals surface area (Å²) in [4.78, 5) is 6.84. The predicted octanol–water partition coefficient (Wildman–Crippen LogP) is 1.25. The predicted molar refractivity (Wildman–Crippen MR) is 76.2 cm³/mol. The highest BCUT2D eigenvalue weighted by Gasteiger charge is 2.31. The average Bonchev–Trinajstić information content (AvgIpc) is 2.87. The van der Waals surface area contributed by atoms with E-state index in [2.05, 4.69) is 15.2 Å². The zero-order valence-electron chi connectivity index (χ0n) is 11.4. The molecule has 2 aliphatic rings. The third-order valence-electron chi connectivity index (χ3n) is 4.12. The van der Waals surface area contributed by atoms with Crippen molar-refractivity contribution in [3.05, 3.63) is 17.8 Å². The summed E-state index contributed by atoms with van der Waals surface area (Å²) in [5.74, 6) is 0.874. The Morgan fingerprint density at radius 2 is 2.47 bits per heavy atom. The number of fused-ring (bicyclic) bond motifs is 1. The number of aromatic nitrogens is 1. The van der Waals surface area contributed by atoms with Gasteiger partial charge < -0.3 is 15.8 Å². The third kappa shape index (κ3) is 2.82. The van der Waals surface area contributed by atoms with Gasteiger partial charge in [-0.15, -0.1) is 0 Å². The molecular weight excluding hydrogens is 240 g/mol. The van der Waals surface area contributed by atoms with E-state index in [-0.39, 0.29) is 6.10 Å². The molecule has 2 aliphatic heterocycles. The fourth-order valence-electron chi connectivity index (χ4n) is 2.89. The van der Waals surface area contributed by atoms with E-state index < -0.39 is 0 Å². The van der Waals surface area contributed by atoms with E-state index >= 15 is 0 Å². The summed E-state index contributed by atoms with van der Waals surface area (Å²) >= 11 is 0. The second-order valence-corrected chi connectivity index (χ2v) is 5.55. The summed E-state index contributed by atoms with van der Waals surface area (Å²) < 4.78 is 5.91. The Hall–Kier alpha value is -1.33. The molecule has 3 heterocycles.